The highest BCUT2D eigenvalue weighted by atomic mass is 16.5. The van der Waals surface area contributed by atoms with Crippen LogP contribution in [0, 0.1) is 0 Å². The van der Waals surface area contributed by atoms with Crippen molar-refractivity contribution >= 4 is 5.69 Å². The van der Waals surface area contributed by atoms with E-state index in [0.29, 0.717) is 17.3 Å². The fourth-order valence-electron chi connectivity index (χ4n) is 1.13. The van der Waals surface area contributed by atoms with E-state index in [1.54, 1.807) is 25.4 Å². The molecule has 0 saturated carbocycles. The Labute approximate surface area is 80.5 Å². The van der Waals surface area contributed by atoms with Crippen LogP contribution >= 0.6 is 0 Å². The molecule has 0 radical (unpaired) electrons. The molecule has 72 valence electrons. The molecule has 0 aliphatic heterocycles. The molecule has 0 saturated heterocycles. The number of anilines is 1. The minimum atomic E-state index is 0.498. The van der Waals surface area contributed by atoms with E-state index < -0.39 is 0 Å². The third-order valence-electron chi connectivity index (χ3n) is 1.80. The number of methoxy groups -OCH3 is 1. The lowest BCUT2D eigenvalue weighted by Crippen LogP contribution is -1.89. The van der Waals surface area contributed by atoms with E-state index in [1.807, 2.05) is 0 Å². The number of ether oxygens (including phenoxy) is 1. The standard InChI is InChI=1S/C9H9N3O2/c1-13-8-4-6(2-3-11-8)9-7(10)5-12-14-9/h2-5H,10H2,1H3. The zero-order valence-electron chi connectivity index (χ0n) is 7.60. The second kappa shape index (κ2) is 3.37. The topological polar surface area (TPSA) is 74.2 Å². The van der Waals surface area contributed by atoms with Crippen molar-refractivity contribution in [3.8, 4) is 17.2 Å². The molecule has 0 aromatic carbocycles. The van der Waals surface area contributed by atoms with Crippen LogP contribution in [-0.2, 0) is 0 Å². The summed E-state index contributed by atoms with van der Waals surface area (Å²) < 4.78 is 9.97. The van der Waals surface area contributed by atoms with Gasteiger partial charge in [0.1, 0.15) is 5.69 Å². The molecule has 2 aromatic heterocycles. The Morgan fingerprint density at radius 2 is 2.36 bits per heavy atom. The Balaban J connectivity index is 2.47. The molecule has 0 unspecified atom stereocenters. The van der Waals surface area contributed by atoms with Crippen LogP contribution in [-0.4, -0.2) is 17.3 Å². The molecule has 0 fully saturated rings. The zero-order valence-corrected chi connectivity index (χ0v) is 7.60. The molecule has 2 aromatic rings. The van der Waals surface area contributed by atoms with Gasteiger partial charge in [-0.3, -0.25) is 0 Å². The van der Waals surface area contributed by atoms with Gasteiger partial charge in [0.25, 0.3) is 0 Å². The van der Waals surface area contributed by atoms with E-state index in [1.165, 1.54) is 6.20 Å². The molecule has 2 N–H and O–H groups in total. The van der Waals surface area contributed by atoms with E-state index in [-0.39, 0.29) is 0 Å². The van der Waals surface area contributed by atoms with Gasteiger partial charge in [-0.05, 0) is 6.07 Å². The summed E-state index contributed by atoms with van der Waals surface area (Å²) in [6.45, 7) is 0. The highest BCUT2D eigenvalue weighted by molar-refractivity contribution is 5.70. The molecule has 5 heteroatoms. The van der Waals surface area contributed by atoms with E-state index in [0.717, 1.165) is 5.56 Å². The highest BCUT2D eigenvalue weighted by Crippen LogP contribution is 2.26. The number of hydrogen-bond acceptors (Lipinski definition) is 5. The van der Waals surface area contributed by atoms with E-state index >= 15 is 0 Å². The smallest absolute Gasteiger partial charge is 0.213 e. The molecule has 2 heterocycles. The Kier molecular flexibility index (Phi) is 2.06. The first-order chi connectivity index (χ1) is 6.81. The lowest BCUT2D eigenvalue weighted by Gasteiger charge is -2.00. The first-order valence-corrected chi connectivity index (χ1v) is 4.02. The first kappa shape index (κ1) is 8.55. The number of nitrogens with zero attached hydrogens (tertiary/aromatic N) is 2. The van der Waals surface area contributed by atoms with Crippen LogP contribution in [0.1, 0.15) is 0 Å². The van der Waals surface area contributed by atoms with Crippen molar-refractivity contribution in [2.75, 3.05) is 12.8 Å². The predicted octanol–water partition coefficient (Wildman–Crippen LogP) is 1.33. The first-order valence-electron chi connectivity index (χ1n) is 4.02. The van der Waals surface area contributed by atoms with Crippen LogP contribution < -0.4 is 10.5 Å². The summed E-state index contributed by atoms with van der Waals surface area (Å²) >= 11 is 0. The van der Waals surface area contributed by atoms with Gasteiger partial charge >= 0.3 is 0 Å². The van der Waals surface area contributed by atoms with E-state index in [2.05, 4.69) is 10.1 Å². The van der Waals surface area contributed by atoms with E-state index in [4.69, 9.17) is 15.0 Å². The average Bonchev–Trinajstić information content (AvgIpc) is 2.65. The van der Waals surface area contributed by atoms with Gasteiger partial charge in [0, 0.05) is 17.8 Å². The summed E-state index contributed by atoms with van der Waals surface area (Å²) in [5.41, 5.74) is 6.94. The van der Waals surface area contributed by atoms with Gasteiger partial charge in [0.15, 0.2) is 5.76 Å². The Morgan fingerprint density at radius 1 is 1.50 bits per heavy atom. The van der Waals surface area contributed by atoms with Crippen LogP contribution in [0.4, 0.5) is 5.69 Å². The monoisotopic (exact) mass is 191 g/mol. The van der Waals surface area contributed by atoms with Crippen LogP contribution in [0.5, 0.6) is 5.88 Å². The molecule has 5 nitrogen and oxygen atoms in total. The second-order valence-corrected chi connectivity index (χ2v) is 2.70. The summed E-state index contributed by atoms with van der Waals surface area (Å²) in [5, 5.41) is 3.59. The summed E-state index contributed by atoms with van der Waals surface area (Å²) in [5.74, 6) is 1.05. The van der Waals surface area contributed by atoms with Crippen molar-refractivity contribution in [3.63, 3.8) is 0 Å². The van der Waals surface area contributed by atoms with Crippen molar-refractivity contribution in [2.24, 2.45) is 0 Å². The summed E-state index contributed by atoms with van der Waals surface area (Å²) in [7, 11) is 1.55. The number of aromatic nitrogens is 2. The van der Waals surface area contributed by atoms with Crippen molar-refractivity contribution < 1.29 is 9.26 Å². The normalized spacial score (nSPS) is 10.1. The number of nitrogen functional groups attached to an aromatic ring is 1. The Morgan fingerprint density at radius 3 is 3.00 bits per heavy atom. The molecule has 0 spiro atoms. The summed E-state index contributed by atoms with van der Waals surface area (Å²) in [6, 6.07) is 3.51. The molecular weight excluding hydrogens is 182 g/mol. The number of pyridine rings is 1. The summed E-state index contributed by atoms with van der Waals surface area (Å²) in [6.07, 6.45) is 3.08. The average molecular weight is 191 g/mol. The molecule has 14 heavy (non-hydrogen) atoms. The van der Waals surface area contributed by atoms with Crippen molar-refractivity contribution in [1.29, 1.82) is 0 Å². The Hall–Kier alpha value is -2.04. The van der Waals surface area contributed by atoms with Gasteiger partial charge in [0.2, 0.25) is 5.88 Å². The maximum atomic E-state index is 5.65. The zero-order chi connectivity index (χ0) is 9.97. The van der Waals surface area contributed by atoms with Gasteiger partial charge in [-0.15, -0.1) is 0 Å². The van der Waals surface area contributed by atoms with Crippen LogP contribution in [0.2, 0.25) is 0 Å². The van der Waals surface area contributed by atoms with Gasteiger partial charge in [0.05, 0.1) is 13.3 Å². The predicted molar refractivity (Wildman–Crippen MR) is 50.7 cm³/mol. The van der Waals surface area contributed by atoms with Gasteiger partial charge < -0.3 is 15.0 Å². The SMILES string of the molecule is COc1cc(-c2oncc2N)ccn1. The molecule has 0 atom stereocenters. The maximum absolute atomic E-state index is 5.65. The molecule has 0 aliphatic carbocycles. The van der Waals surface area contributed by atoms with Crippen LogP contribution in [0.15, 0.2) is 29.0 Å². The largest absolute Gasteiger partial charge is 0.481 e. The minimum Gasteiger partial charge on any atom is -0.481 e. The van der Waals surface area contributed by atoms with Crippen LogP contribution in [0.3, 0.4) is 0 Å². The Bertz CT molecular complexity index is 439. The number of hydrogen-bond donors (Lipinski definition) is 1. The van der Waals surface area contributed by atoms with Crippen LogP contribution in [0.25, 0.3) is 11.3 Å². The maximum Gasteiger partial charge on any atom is 0.213 e. The van der Waals surface area contributed by atoms with Crippen molar-refractivity contribution in [3.05, 3.63) is 24.5 Å². The lowest BCUT2D eigenvalue weighted by atomic mass is 10.2. The fourth-order valence-corrected chi connectivity index (χ4v) is 1.13. The van der Waals surface area contributed by atoms with Crippen molar-refractivity contribution in [1.82, 2.24) is 10.1 Å². The minimum absolute atomic E-state index is 0.498. The number of rotatable bonds is 2. The van der Waals surface area contributed by atoms with E-state index in [9.17, 15) is 0 Å². The fraction of sp³-hybridized carbons (Fsp3) is 0.111. The van der Waals surface area contributed by atoms with Gasteiger partial charge in [-0.25, -0.2) is 4.98 Å². The highest BCUT2D eigenvalue weighted by Gasteiger charge is 2.08. The molecule has 0 bridgehead atoms. The third-order valence-corrected chi connectivity index (χ3v) is 1.80. The molecule has 2 rings (SSSR count). The summed E-state index contributed by atoms with van der Waals surface area (Å²) in [4.78, 5) is 3.97. The molecular formula is C9H9N3O2. The third kappa shape index (κ3) is 1.39. The van der Waals surface area contributed by atoms with Gasteiger partial charge in [-0.2, -0.15) is 0 Å². The van der Waals surface area contributed by atoms with Crippen molar-refractivity contribution in [2.45, 2.75) is 0 Å². The molecule has 0 amide bonds. The number of nitrogens with two attached hydrogens (primary N) is 1. The quantitative estimate of drug-likeness (QED) is 0.775. The van der Waals surface area contributed by atoms with Gasteiger partial charge in [-0.1, -0.05) is 5.16 Å². The lowest BCUT2D eigenvalue weighted by molar-refractivity contribution is 0.397. The second-order valence-electron chi connectivity index (χ2n) is 2.70. The molecule has 0 aliphatic rings.